The Hall–Kier alpha value is -2.49. The molecule has 3 aromatic rings. The number of benzene rings is 1. The molecule has 0 atom stereocenters. The molecule has 0 aliphatic heterocycles. The lowest BCUT2D eigenvalue weighted by Crippen LogP contribution is -1.98. The van der Waals surface area contributed by atoms with Crippen molar-refractivity contribution in [1.29, 1.82) is 0 Å². The summed E-state index contributed by atoms with van der Waals surface area (Å²) in [6.07, 6.45) is 0. The van der Waals surface area contributed by atoms with Gasteiger partial charge in [0.25, 0.3) is 0 Å². The number of aromatic nitrogens is 2. The Morgan fingerprint density at radius 3 is 2.63 bits per heavy atom. The second-order valence-corrected chi connectivity index (χ2v) is 4.82. The van der Waals surface area contributed by atoms with Crippen molar-refractivity contribution in [1.82, 2.24) is 9.97 Å². The number of nitrogens with one attached hydrogen (secondary N) is 2. The number of carboxylic acids is 1. The van der Waals surface area contributed by atoms with Crippen molar-refractivity contribution in [2.45, 2.75) is 13.8 Å². The van der Waals surface area contributed by atoms with Crippen LogP contribution < -0.4 is 0 Å². The van der Waals surface area contributed by atoms with E-state index in [-0.39, 0.29) is 5.69 Å². The third-order valence-electron chi connectivity index (χ3n) is 3.23. The van der Waals surface area contributed by atoms with E-state index in [9.17, 15) is 9.90 Å². The van der Waals surface area contributed by atoms with Gasteiger partial charge in [-0.15, -0.1) is 0 Å². The standard InChI is InChI=1S/C15H14N2O2/c1-8-3-4-12-10(5-8)7-13(17-12)11-6-9(2)16-14(11)15(18)19/h3-7,16-17H,1-2H3,(H,18,19). The highest BCUT2D eigenvalue weighted by molar-refractivity contribution is 5.96. The van der Waals surface area contributed by atoms with Gasteiger partial charge >= 0.3 is 5.97 Å². The molecule has 0 radical (unpaired) electrons. The summed E-state index contributed by atoms with van der Waals surface area (Å²) in [5.41, 5.74) is 4.77. The van der Waals surface area contributed by atoms with E-state index in [2.05, 4.69) is 16.0 Å². The van der Waals surface area contributed by atoms with Gasteiger partial charge in [0, 0.05) is 27.9 Å². The maximum Gasteiger partial charge on any atom is 0.353 e. The van der Waals surface area contributed by atoms with Gasteiger partial charge in [-0.2, -0.15) is 0 Å². The molecule has 4 nitrogen and oxygen atoms in total. The monoisotopic (exact) mass is 254 g/mol. The van der Waals surface area contributed by atoms with Crippen molar-refractivity contribution in [2.24, 2.45) is 0 Å². The molecule has 0 aliphatic rings. The normalized spacial score (nSPS) is 11.1. The minimum absolute atomic E-state index is 0.223. The zero-order valence-corrected chi connectivity index (χ0v) is 10.7. The van der Waals surface area contributed by atoms with Crippen LogP contribution in [0.25, 0.3) is 22.2 Å². The van der Waals surface area contributed by atoms with Crippen LogP contribution in [0.15, 0.2) is 30.3 Å². The Bertz CT molecular complexity index is 781. The van der Waals surface area contributed by atoms with Crippen LogP contribution in [0.1, 0.15) is 21.7 Å². The van der Waals surface area contributed by atoms with Crippen LogP contribution in [0.3, 0.4) is 0 Å². The molecular formula is C15H14N2O2. The fraction of sp³-hybridized carbons (Fsp3) is 0.133. The predicted molar refractivity (Wildman–Crippen MR) is 74.5 cm³/mol. The number of carbonyl (C=O) groups is 1. The third kappa shape index (κ3) is 1.91. The van der Waals surface area contributed by atoms with E-state index >= 15 is 0 Å². The summed E-state index contributed by atoms with van der Waals surface area (Å²) in [6, 6.07) is 9.95. The van der Waals surface area contributed by atoms with Gasteiger partial charge in [-0.25, -0.2) is 4.79 Å². The van der Waals surface area contributed by atoms with Gasteiger partial charge in [0.2, 0.25) is 0 Å². The molecular weight excluding hydrogens is 240 g/mol. The first-order chi connectivity index (χ1) is 9.04. The van der Waals surface area contributed by atoms with Crippen molar-refractivity contribution in [3.63, 3.8) is 0 Å². The zero-order valence-electron chi connectivity index (χ0n) is 10.7. The van der Waals surface area contributed by atoms with E-state index in [0.29, 0.717) is 5.56 Å². The van der Waals surface area contributed by atoms with Gasteiger partial charge in [-0.3, -0.25) is 0 Å². The average molecular weight is 254 g/mol. The van der Waals surface area contributed by atoms with Crippen molar-refractivity contribution >= 4 is 16.9 Å². The Morgan fingerprint density at radius 1 is 1.11 bits per heavy atom. The first kappa shape index (κ1) is 11.6. The van der Waals surface area contributed by atoms with E-state index in [0.717, 1.165) is 22.3 Å². The number of hydrogen-bond donors (Lipinski definition) is 3. The number of aromatic carboxylic acids is 1. The molecule has 4 heteroatoms. The lowest BCUT2D eigenvalue weighted by atomic mass is 10.1. The summed E-state index contributed by atoms with van der Waals surface area (Å²) in [4.78, 5) is 17.4. The Balaban J connectivity index is 2.21. The molecule has 0 aliphatic carbocycles. The van der Waals surface area contributed by atoms with E-state index in [1.807, 2.05) is 38.1 Å². The molecule has 0 fully saturated rings. The zero-order chi connectivity index (χ0) is 13.6. The topological polar surface area (TPSA) is 68.9 Å². The van der Waals surface area contributed by atoms with Crippen molar-refractivity contribution in [2.75, 3.05) is 0 Å². The van der Waals surface area contributed by atoms with Crippen LogP contribution in [-0.4, -0.2) is 21.0 Å². The summed E-state index contributed by atoms with van der Waals surface area (Å²) >= 11 is 0. The molecule has 0 saturated heterocycles. The second kappa shape index (κ2) is 4.02. The summed E-state index contributed by atoms with van der Waals surface area (Å²) < 4.78 is 0. The fourth-order valence-corrected chi connectivity index (χ4v) is 2.37. The molecule has 3 rings (SSSR count). The number of H-pyrrole nitrogens is 2. The Kier molecular flexibility index (Phi) is 2.45. The van der Waals surface area contributed by atoms with Crippen molar-refractivity contribution < 1.29 is 9.90 Å². The average Bonchev–Trinajstić information content (AvgIpc) is 2.91. The first-order valence-corrected chi connectivity index (χ1v) is 6.07. The van der Waals surface area contributed by atoms with Crippen LogP contribution in [0.5, 0.6) is 0 Å². The Morgan fingerprint density at radius 2 is 1.89 bits per heavy atom. The maximum absolute atomic E-state index is 11.2. The van der Waals surface area contributed by atoms with Gasteiger partial charge in [-0.05, 0) is 38.1 Å². The van der Waals surface area contributed by atoms with Crippen LogP contribution in [0.2, 0.25) is 0 Å². The summed E-state index contributed by atoms with van der Waals surface area (Å²) in [5, 5.41) is 10.3. The van der Waals surface area contributed by atoms with Crippen LogP contribution in [0.4, 0.5) is 0 Å². The van der Waals surface area contributed by atoms with Gasteiger partial charge in [0.15, 0.2) is 0 Å². The van der Waals surface area contributed by atoms with E-state index in [4.69, 9.17) is 0 Å². The SMILES string of the molecule is Cc1ccc2[nH]c(-c3cc(C)[nH]c3C(=O)O)cc2c1. The molecule has 3 N–H and O–H groups in total. The lowest BCUT2D eigenvalue weighted by Gasteiger charge is -1.95. The van der Waals surface area contributed by atoms with E-state index < -0.39 is 5.97 Å². The number of aryl methyl sites for hydroxylation is 2. The molecule has 19 heavy (non-hydrogen) atoms. The number of fused-ring (bicyclic) bond motifs is 1. The summed E-state index contributed by atoms with van der Waals surface area (Å²) in [7, 11) is 0. The van der Waals surface area contributed by atoms with Crippen molar-refractivity contribution in [3.05, 3.63) is 47.3 Å². The van der Waals surface area contributed by atoms with Crippen LogP contribution in [-0.2, 0) is 0 Å². The molecule has 1 aromatic carbocycles. The van der Waals surface area contributed by atoms with Crippen LogP contribution in [0, 0.1) is 13.8 Å². The highest BCUT2D eigenvalue weighted by Gasteiger charge is 2.16. The first-order valence-electron chi connectivity index (χ1n) is 6.07. The smallest absolute Gasteiger partial charge is 0.353 e. The van der Waals surface area contributed by atoms with Gasteiger partial charge in [-0.1, -0.05) is 11.6 Å². The molecule has 0 amide bonds. The molecule has 0 bridgehead atoms. The highest BCUT2D eigenvalue weighted by Crippen LogP contribution is 2.28. The van der Waals surface area contributed by atoms with Gasteiger partial charge < -0.3 is 15.1 Å². The van der Waals surface area contributed by atoms with E-state index in [1.165, 1.54) is 5.56 Å². The van der Waals surface area contributed by atoms with E-state index in [1.54, 1.807) is 0 Å². The lowest BCUT2D eigenvalue weighted by molar-refractivity contribution is 0.0692. The molecule has 0 unspecified atom stereocenters. The summed E-state index contributed by atoms with van der Waals surface area (Å²) in [6.45, 7) is 3.89. The number of rotatable bonds is 2. The molecule has 0 saturated carbocycles. The fourth-order valence-electron chi connectivity index (χ4n) is 2.37. The van der Waals surface area contributed by atoms with Crippen LogP contribution >= 0.6 is 0 Å². The predicted octanol–water partition coefficient (Wildman–Crippen LogP) is 3.48. The minimum Gasteiger partial charge on any atom is -0.477 e. The minimum atomic E-state index is -0.946. The molecule has 2 aromatic heterocycles. The largest absolute Gasteiger partial charge is 0.477 e. The number of carboxylic acid groups (broad SMARTS) is 1. The quantitative estimate of drug-likeness (QED) is 0.655. The summed E-state index contributed by atoms with van der Waals surface area (Å²) in [5.74, 6) is -0.946. The number of aromatic amines is 2. The second-order valence-electron chi connectivity index (χ2n) is 4.82. The molecule has 2 heterocycles. The number of hydrogen-bond acceptors (Lipinski definition) is 1. The molecule has 96 valence electrons. The third-order valence-corrected chi connectivity index (χ3v) is 3.23. The Labute approximate surface area is 110 Å². The van der Waals surface area contributed by atoms with Gasteiger partial charge in [0.1, 0.15) is 5.69 Å². The molecule has 0 spiro atoms. The van der Waals surface area contributed by atoms with Crippen molar-refractivity contribution in [3.8, 4) is 11.3 Å². The van der Waals surface area contributed by atoms with Gasteiger partial charge in [0.05, 0.1) is 0 Å². The highest BCUT2D eigenvalue weighted by atomic mass is 16.4. The maximum atomic E-state index is 11.2.